The zero-order valence-electron chi connectivity index (χ0n) is 13.2. The molecule has 0 fully saturated rings. The molecule has 0 aliphatic heterocycles. The highest BCUT2D eigenvalue weighted by Gasteiger charge is 2.06. The van der Waals surface area contributed by atoms with Crippen LogP contribution in [0.25, 0.3) is 11.1 Å². The highest BCUT2D eigenvalue weighted by molar-refractivity contribution is 5.88. The van der Waals surface area contributed by atoms with E-state index in [9.17, 15) is 9.59 Å². The van der Waals surface area contributed by atoms with Crippen molar-refractivity contribution in [2.45, 2.75) is 20.3 Å². The minimum atomic E-state index is -0.445. The van der Waals surface area contributed by atoms with Crippen molar-refractivity contribution in [1.82, 2.24) is 0 Å². The van der Waals surface area contributed by atoms with E-state index in [2.05, 4.69) is 6.58 Å². The molecule has 0 aliphatic carbocycles. The highest BCUT2D eigenvalue weighted by atomic mass is 16.5. The lowest BCUT2D eigenvalue weighted by atomic mass is 10.1. The van der Waals surface area contributed by atoms with Gasteiger partial charge in [-0.05, 0) is 42.3 Å². The van der Waals surface area contributed by atoms with E-state index in [1.165, 1.54) is 0 Å². The number of ether oxygens (including phenoxy) is 2. The van der Waals surface area contributed by atoms with Crippen LogP contribution in [0.2, 0.25) is 0 Å². The molecule has 118 valence electrons. The van der Waals surface area contributed by atoms with Crippen LogP contribution in [0.1, 0.15) is 20.3 Å². The molecule has 0 bridgehead atoms. The lowest BCUT2D eigenvalue weighted by Gasteiger charge is -2.07. The van der Waals surface area contributed by atoms with Crippen LogP contribution < -0.4 is 9.47 Å². The van der Waals surface area contributed by atoms with Gasteiger partial charge in [0.15, 0.2) is 0 Å². The van der Waals surface area contributed by atoms with Crippen molar-refractivity contribution >= 4 is 11.9 Å². The van der Waals surface area contributed by atoms with Gasteiger partial charge in [0, 0.05) is 12.0 Å². The van der Waals surface area contributed by atoms with Crippen LogP contribution in [0, 0.1) is 0 Å². The molecular weight excluding hydrogens is 292 g/mol. The van der Waals surface area contributed by atoms with E-state index >= 15 is 0 Å². The Kier molecular flexibility index (Phi) is 5.31. The van der Waals surface area contributed by atoms with Gasteiger partial charge in [-0.15, -0.1) is 0 Å². The summed E-state index contributed by atoms with van der Waals surface area (Å²) in [5.74, 6) is 0.282. The first-order valence-electron chi connectivity index (χ1n) is 7.28. The first kappa shape index (κ1) is 16.5. The first-order valence-corrected chi connectivity index (χ1v) is 7.28. The van der Waals surface area contributed by atoms with Gasteiger partial charge < -0.3 is 9.47 Å². The van der Waals surface area contributed by atoms with E-state index in [0.717, 1.165) is 11.1 Å². The van der Waals surface area contributed by atoms with Gasteiger partial charge in [-0.3, -0.25) is 4.79 Å². The third-order valence-electron chi connectivity index (χ3n) is 3.12. The molecule has 4 heteroatoms. The van der Waals surface area contributed by atoms with E-state index in [1.807, 2.05) is 24.3 Å². The molecule has 0 amide bonds. The van der Waals surface area contributed by atoms with E-state index in [4.69, 9.17) is 9.47 Å². The first-order chi connectivity index (χ1) is 11.0. The highest BCUT2D eigenvalue weighted by Crippen LogP contribution is 2.25. The maximum absolute atomic E-state index is 11.5. The Morgan fingerprint density at radius 2 is 1.30 bits per heavy atom. The average molecular weight is 310 g/mol. The fourth-order valence-electron chi connectivity index (χ4n) is 1.83. The number of hydrogen-bond acceptors (Lipinski definition) is 4. The standard InChI is InChI=1S/C19H18O4/c1-4-18(20)22-16-9-5-14(6-10-16)15-7-11-17(12-8-15)23-19(21)13(2)3/h5-12H,2,4H2,1,3H3. The lowest BCUT2D eigenvalue weighted by Crippen LogP contribution is -2.07. The molecule has 0 spiro atoms. The van der Waals surface area contributed by atoms with Crippen molar-refractivity contribution < 1.29 is 19.1 Å². The number of benzene rings is 2. The van der Waals surface area contributed by atoms with E-state index in [0.29, 0.717) is 23.5 Å². The lowest BCUT2D eigenvalue weighted by molar-refractivity contribution is -0.134. The molecule has 0 radical (unpaired) electrons. The van der Waals surface area contributed by atoms with Crippen LogP contribution in [0.15, 0.2) is 60.7 Å². The molecule has 0 aromatic heterocycles. The minimum absolute atomic E-state index is 0.263. The quantitative estimate of drug-likeness (QED) is 0.473. The second-order valence-electron chi connectivity index (χ2n) is 5.05. The molecule has 0 heterocycles. The number of hydrogen-bond donors (Lipinski definition) is 0. The summed E-state index contributed by atoms with van der Waals surface area (Å²) in [5.41, 5.74) is 2.29. The van der Waals surface area contributed by atoms with E-state index < -0.39 is 5.97 Å². The van der Waals surface area contributed by atoms with Gasteiger partial charge in [0.25, 0.3) is 0 Å². The van der Waals surface area contributed by atoms with Crippen LogP contribution in [0.5, 0.6) is 11.5 Å². The smallest absolute Gasteiger partial charge is 0.338 e. The SMILES string of the molecule is C=C(C)C(=O)Oc1ccc(-c2ccc(OC(=O)CC)cc2)cc1. The summed E-state index contributed by atoms with van der Waals surface area (Å²) >= 11 is 0. The second kappa shape index (κ2) is 7.40. The molecule has 2 aromatic rings. The number of carbonyl (C=O) groups excluding carboxylic acids is 2. The molecule has 0 N–H and O–H groups in total. The monoisotopic (exact) mass is 310 g/mol. The predicted octanol–water partition coefficient (Wildman–Crippen LogP) is 4.15. The summed E-state index contributed by atoms with van der Waals surface area (Å²) in [7, 11) is 0. The summed E-state index contributed by atoms with van der Waals surface area (Å²) in [6.45, 7) is 6.89. The Labute approximate surface area is 135 Å². The van der Waals surface area contributed by atoms with Crippen molar-refractivity contribution in [1.29, 1.82) is 0 Å². The van der Waals surface area contributed by atoms with Gasteiger partial charge in [0.05, 0.1) is 0 Å². The Bertz CT molecular complexity index is 712. The van der Waals surface area contributed by atoms with Crippen molar-refractivity contribution in [3.63, 3.8) is 0 Å². The normalized spacial score (nSPS) is 10.0. The second-order valence-corrected chi connectivity index (χ2v) is 5.05. The Morgan fingerprint density at radius 3 is 1.70 bits per heavy atom. The fraction of sp³-hybridized carbons (Fsp3) is 0.158. The van der Waals surface area contributed by atoms with Crippen molar-refractivity contribution in [3.8, 4) is 22.6 Å². The fourth-order valence-corrected chi connectivity index (χ4v) is 1.83. The van der Waals surface area contributed by atoms with Crippen LogP contribution in [-0.4, -0.2) is 11.9 Å². The van der Waals surface area contributed by atoms with Gasteiger partial charge in [0.2, 0.25) is 0 Å². The van der Waals surface area contributed by atoms with Gasteiger partial charge in [-0.1, -0.05) is 37.8 Å². The average Bonchev–Trinajstić information content (AvgIpc) is 2.56. The van der Waals surface area contributed by atoms with Crippen LogP contribution in [0.3, 0.4) is 0 Å². The summed E-state index contributed by atoms with van der Waals surface area (Å²) < 4.78 is 10.3. The van der Waals surface area contributed by atoms with Gasteiger partial charge in [0.1, 0.15) is 11.5 Å². The van der Waals surface area contributed by atoms with Crippen molar-refractivity contribution in [3.05, 3.63) is 60.7 Å². The molecule has 2 rings (SSSR count). The molecule has 0 aliphatic rings. The Hall–Kier alpha value is -2.88. The summed E-state index contributed by atoms with van der Waals surface area (Å²) in [6, 6.07) is 14.4. The van der Waals surface area contributed by atoms with Crippen molar-refractivity contribution in [2.75, 3.05) is 0 Å². The number of rotatable bonds is 5. The zero-order valence-corrected chi connectivity index (χ0v) is 13.2. The van der Waals surface area contributed by atoms with Gasteiger partial charge >= 0.3 is 11.9 Å². The number of carbonyl (C=O) groups is 2. The van der Waals surface area contributed by atoms with E-state index in [1.54, 1.807) is 38.1 Å². The van der Waals surface area contributed by atoms with Crippen LogP contribution >= 0.6 is 0 Å². The molecule has 23 heavy (non-hydrogen) atoms. The molecule has 4 nitrogen and oxygen atoms in total. The topological polar surface area (TPSA) is 52.6 Å². The molecule has 0 atom stereocenters. The number of esters is 2. The van der Waals surface area contributed by atoms with E-state index in [-0.39, 0.29) is 5.97 Å². The maximum atomic E-state index is 11.5. The summed E-state index contributed by atoms with van der Waals surface area (Å²) in [6.07, 6.45) is 0.339. The summed E-state index contributed by atoms with van der Waals surface area (Å²) in [4.78, 5) is 22.7. The Morgan fingerprint density at radius 1 is 0.870 bits per heavy atom. The predicted molar refractivity (Wildman–Crippen MR) is 88.3 cm³/mol. The third-order valence-corrected chi connectivity index (χ3v) is 3.12. The molecular formula is C19H18O4. The third kappa shape index (κ3) is 4.54. The molecule has 0 unspecified atom stereocenters. The van der Waals surface area contributed by atoms with Gasteiger partial charge in [-0.2, -0.15) is 0 Å². The van der Waals surface area contributed by atoms with Crippen LogP contribution in [-0.2, 0) is 9.59 Å². The zero-order chi connectivity index (χ0) is 16.8. The van der Waals surface area contributed by atoms with Crippen LogP contribution in [0.4, 0.5) is 0 Å². The van der Waals surface area contributed by atoms with Gasteiger partial charge in [-0.25, -0.2) is 4.79 Å². The minimum Gasteiger partial charge on any atom is -0.427 e. The Balaban J connectivity index is 2.08. The largest absolute Gasteiger partial charge is 0.427 e. The van der Waals surface area contributed by atoms with Crippen molar-refractivity contribution in [2.24, 2.45) is 0 Å². The molecule has 0 saturated heterocycles. The molecule has 2 aromatic carbocycles. The molecule has 0 saturated carbocycles. The maximum Gasteiger partial charge on any atom is 0.338 e. The summed E-state index contributed by atoms with van der Waals surface area (Å²) in [5, 5.41) is 0.